The molecule has 0 saturated carbocycles. The fourth-order valence-electron chi connectivity index (χ4n) is 2.67. The first-order valence-electron chi connectivity index (χ1n) is 9.53. The van der Waals surface area contributed by atoms with E-state index in [2.05, 4.69) is 26.2 Å². The summed E-state index contributed by atoms with van der Waals surface area (Å²) in [6, 6.07) is 10.6. The lowest BCUT2D eigenvalue weighted by Crippen LogP contribution is -2.19. The second kappa shape index (κ2) is 11.1. The van der Waals surface area contributed by atoms with E-state index in [0.29, 0.717) is 37.3 Å². The maximum absolute atomic E-state index is 12.4. The summed E-state index contributed by atoms with van der Waals surface area (Å²) in [5, 5.41) is 3.23. The summed E-state index contributed by atoms with van der Waals surface area (Å²) in [5.74, 6) is 0.793. The zero-order valence-electron chi connectivity index (χ0n) is 17.6. The normalized spacial score (nSPS) is 15.6. The van der Waals surface area contributed by atoms with Gasteiger partial charge >= 0.3 is 5.97 Å². The van der Waals surface area contributed by atoms with Gasteiger partial charge in [0, 0.05) is 4.47 Å². The first-order valence-corrected chi connectivity index (χ1v) is 11.1. The third-order valence-corrected chi connectivity index (χ3v) is 5.77. The van der Waals surface area contributed by atoms with Crippen LogP contribution in [0.25, 0.3) is 6.08 Å². The number of benzene rings is 2. The summed E-state index contributed by atoms with van der Waals surface area (Å²) in [6.07, 6.45) is 1.72. The molecule has 0 aliphatic carbocycles. The Morgan fingerprint density at radius 2 is 1.91 bits per heavy atom. The van der Waals surface area contributed by atoms with Gasteiger partial charge in [0.15, 0.2) is 23.3 Å². The molecule has 1 saturated heterocycles. The Kier molecular flexibility index (Phi) is 8.18. The minimum Gasteiger partial charge on any atom is -0.497 e. The lowest BCUT2D eigenvalue weighted by molar-refractivity contribution is -0.145. The number of amidine groups is 1. The van der Waals surface area contributed by atoms with E-state index in [1.807, 2.05) is 0 Å². The van der Waals surface area contributed by atoms with Gasteiger partial charge in [-0.3, -0.25) is 4.79 Å². The molecule has 0 bridgehead atoms. The molecule has 0 aromatic heterocycles. The van der Waals surface area contributed by atoms with E-state index in [0.717, 1.165) is 5.75 Å². The number of thioether (sulfide) groups is 1. The van der Waals surface area contributed by atoms with Crippen LogP contribution >= 0.6 is 27.7 Å². The predicted octanol–water partition coefficient (Wildman–Crippen LogP) is 4.30. The van der Waals surface area contributed by atoms with Gasteiger partial charge in [0.25, 0.3) is 5.91 Å². The van der Waals surface area contributed by atoms with Crippen molar-refractivity contribution < 1.29 is 28.5 Å². The number of esters is 1. The van der Waals surface area contributed by atoms with Crippen molar-refractivity contribution in [3.8, 4) is 17.2 Å². The quantitative estimate of drug-likeness (QED) is 0.409. The molecule has 1 heterocycles. The molecule has 1 amide bonds. The van der Waals surface area contributed by atoms with Crippen molar-refractivity contribution in [1.29, 1.82) is 0 Å². The molecule has 3 rings (SSSR count). The number of hydrogen-bond donors (Lipinski definition) is 1. The molecule has 1 aliphatic heterocycles. The van der Waals surface area contributed by atoms with Gasteiger partial charge in [0.1, 0.15) is 5.75 Å². The Morgan fingerprint density at radius 3 is 2.56 bits per heavy atom. The molecule has 8 nitrogen and oxygen atoms in total. The van der Waals surface area contributed by atoms with E-state index in [9.17, 15) is 9.59 Å². The standard InChI is InChI=1S/C22H21BrN2O6S/c1-4-30-20(26)12-31-18-11-16(23)13(9-17(18)29-3)10-19-21(27)25-22(32-19)24-14-5-7-15(28-2)8-6-14/h5-11H,4,12H2,1-3H3,(H,24,25,27)/b19-10+. The fraction of sp³-hybridized carbons (Fsp3) is 0.227. The maximum Gasteiger partial charge on any atom is 0.344 e. The van der Waals surface area contributed by atoms with Crippen LogP contribution in [0.5, 0.6) is 17.2 Å². The molecule has 2 aromatic rings. The van der Waals surface area contributed by atoms with E-state index in [-0.39, 0.29) is 19.1 Å². The number of nitrogens with zero attached hydrogens (tertiary/aromatic N) is 1. The zero-order valence-corrected chi connectivity index (χ0v) is 20.0. The van der Waals surface area contributed by atoms with Crippen LogP contribution in [0.2, 0.25) is 0 Å². The average molecular weight is 521 g/mol. The highest BCUT2D eigenvalue weighted by atomic mass is 79.9. The number of aliphatic imine (C=N–C) groups is 1. The highest BCUT2D eigenvalue weighted by Gasteiger charge is 2.24. The van der Waals surface area contributed by atoms with Crippen molar-refractivity contribution in [3.63, 3.8) is 0 Å². The SMILES string of the molecule is CCOC(=O)COc1cc(Br)c(/C=C2/SC(=Nc3ccc(OC)cc3)NC2=O)cc1OC. The number of rotatable bonds is 8. The van der Waals surface area contributed by atoms with Gasteiger partial charge in [-0.05, 0) is 66.7 Å². The third kappa shape index (κ3) is 6.04. The van der Waals surface area contributed by atoms with E-state index in [1.165, 1.54) is 18.9 Å². The lowest BCUT2D eigenvalue weighted by Gasteiger charge is -2.12. The summed E-state index contributed by atoms with van der Waals surface area (Å²) in [6.45, 7) is 1.77. The fourth-order valence-corrected chi connectivity index (χ4v) is 3.94. The summed E-state index contributed by atoms with van der Waals surface area (Å²) < 4.78 is 21.5. The van der Waals surface area contributed by atoms with E-state index < -0.39 is 5.97 Å². The van der Waals surface area contributed by atoms with Crippen molar-refractivity contribution in [3.05, 3.63) is 51.3 Å². The van der Waals surface area contributed by atoms with Crippen molar-refractivity contribution in [2.45, 2.75) is 6.92 Å². The number of amides is 1. The van der Waals surface area contributed by atoms with Crippen LogP contribution in [0.1, 0.15) is 12.5 Å². The molecular formula is C22H21BrN2O6S. The van der Waals surface area contributed by atoms with Crippen molar-refractivity contribution >= 4 is 56.5 Å². The van der Waals surface area contributed by atoms with Crippen LogP contribution < -0.4 is 19.5 Å². The highest BCUT2D eigenvalue weighted by Crippen LogP contribution is 2.36. The first-order chi connectivity index (χ1) is 15.4. The van der Waals surface area contributed by atoms with Gasteiger partial charge in [0.2, 0.25) is 0 Å². The highest BCUT2D eigenvalue weighted by molar-refractivity contribution is 9.10. The smallest absolute Gasteiger partial charge is 0.344 e. The van der Waals surface area contributed by atoms with Crippen molar-refractivity contribution in [1.82, 2.24) is 5.32 Å². The van der Waals surface area contributed by atoms with Crippen LogP contribution in [0, 0.1) is 0 Å². The molecular weight excluding hydrogens is 500 g/mol. The lowest BCUT2D eigenvalue weighted by atomic mass is 10.2. The van der Waals surface area contributed by atoms with Crippen LogP contribution in [-0.4, -0.2) is 44.5 Å². The van der Waals surface area contributed by atoms with Gasteiger partial charge in [-0.1, -0.05) is 15.9 Å². The van der Waals surface area contributed by atoms with E-state index in [1.54, 1.807) is 56.5 Å². The Balaban J connectivity index is 1.78. The molecule has 168 valence electrons. The second-order valence-electron chi connectivity index (χ2n) is 6.30. The topological polar surface area (TPSA) is 95.5 Å². The largest absolute Gasteiger partial charge is 0.497 e. The number of hydrogen-bond acceptors (Lipinski definition) is 8. The predicted molar refractivity (Wildman–Crippen MR) is 127 cm³/mol. The van der Waals surface area contributed by atoms with Crippen LogP contribution in [-0.2, 0) is 14.3 Å². The number of carbonyl (C=O) groups excluding carboxylic acids is 2. The Morgan fingerprint density at radius 1 is 1.16 bits per heavy atom. The molecule has 10 heteroatoms. The van der Waals surface area contributed by atoms with Gasteiger partial charge in [0.05, 0.1) is 31.4 Å². The Bertz CT molecular complexity index is 1070. The van der Waals surface area contributed by atoms with Gasteiger partial charge in [-0.15, -0.1) is 0 Å². The maximum atomic E-state index is 12.4. The monoisotopic (exact) mass is 520 g/mol. The van der Waals surface area contributed by atoms with Crippen molar-refractivity contribution in [2.24, 2.45) is 4.99 Å². The average Bonchev–Trinajstić information content (AvgIpc) is 3.13. The third-order valence-electron chi connectivity index (χ3n) is 4.17. The minimum atomic E-state index is -0.473. The molecule has 2 aromatic carbocycles. The second-order valence-corrected chi connectivity index (χ2v) is 8.18. The van der Waals surface area contributed by atoms with Gasteiger partial charge in [-0.25, -0.2) is 9.79 Å². The van der Waals surface area contributed by atoms with Crippen LogP contribution in [0.15, 0.2) is 50.8 Å². The minimum absolute atomic E-state index is 0.236. The molecule has 1 N–H and O–H groups in total. The zero-order chi connectivity index (χ0) is 23.1. The Labute approximate surface area is 198 Å². The van der Waals surface area contributed by atoms with Gasteiger partial charge < -0.3 is 24.3 Å². The Hall–Kier alpha value is -2.98. The molecule has 0 atom stereocenters. The number of ether oxygens (including phenoxy) is 4. The van der Waals surface area contributed by atoms with E-state index >= 15 is 0 Å². The molecule has 0 spiro atoms. The number of methoxy groups -OCH3 is 2. The number of carbonyl (C=O) groups is 2. The molecule has 1 fully saturated rings. The summed E-state index contributed by atoms with van der Waals surface area (Å²) in [4.78, 5) is 28.9. The molecule has 1 aliphatic rings. The van der Waals surface area contributed by atoms with Gasteiger partial charge in [-0.2, -0.15) is 0 Å². The van der Waals surface area contributed by atoms with Crippen molar-refractivity contribution in [2.75, 3.05) is 27.4 Å². The molecule has 0 radical (unpaired) electrons. The first kappa shape index (κ1) is 23.7. The summed E-state index contributed by atoms with van der Waals surface area (Å²) in [7, 11) is 3.09. The molecule has 32 heavy (non-hydrogen) atoms. The van der Waals surface area contributed by atoms with Crippen LogP contribution in [0.4, 0.5) is 5.69 Å². The summed E-state index contributed by atoms with van der Waals surface area (Å²) in [5.41, 5.74) is 1.40. The van der Waals surface area contributed by atoms with Crippen LogP contribution in [0.3, 0.4) is 0 Å². The summed E-state index contributed by atoms with van der Waals surface area (Å²) >= 11 is 4.71. The number of halogens is 1. The van der Waals surface area contributed by atoms with E-state index in [4.69, 9.17) is 18.9 Å². The number of nitrogens with one attached hydrogen (secondary N) is 1. The molecule has 0 unspecified atom stereocenters.